The summed E-state index contributed by atoms with van der Waals surface area (Å²) in [6.07, 6.45) is 3.21. The first-order valence-corrected chi connectivity index (χ1v) is 10.6. The second-order valence-corrected chi connectivity index (χ2v) is 8.85. The van der Waals surface area contributed by atoms with Gasteiger partial charge in [-0.1, -0.05) is 69.3 Å². The molecule has 0 aliphatic carbocycles. The van der Waals surface area contributed by atoms with Gasteiger partial charge in [-0.2, -0.15) is 5.10 Å². The average molecular weight is 431 g/mol. The Labute approximate surface area is 189 Å². The third-order valence-electron chi connectivity index (χ3n) is 5.06. The molecule has 6 heteroatoms. The van der Waals surface area contributed by atoms with Crippen LogP contribution in [0.2, 0.25) is 0 Å². The van der Waals surface area contributed by atoms with E-state index >= 15 is 0 Å². The van der Waals surface area contributed by atoms with E-state index in [0.717, 1.165) is 22.5 Å². The van der Waals surface area contributed by atoms with Gasteiger partial charge in [0.1, 0.15) is 5.82 Å². The quantitative estimate of drug-likeness (QED) is 0.582. The molecule has 0 unspecified atom stereocenters. The predicted octanol–water partition coefficient (Wildman–Crippen LogP) is 4.59. The SMILES string of the molecule is Cc1ccccc1-n1nc(C(C)(C)C)cc1NC(=O)CN(C)C(=O)/C=C/c1ccccc1. The van der Waals surface area contributed by atoms with E-state index in [1.165, 1.54) is 11.0 Å². The molecular formula is C26H30N4O2. The zero-order valence-corrected chi connectivity index (χ0v) is 19.3. The highest BCUT2D eigenvalue weighted by Gasteiger charge is 2.22. The average Bonchev–Trinajstić information content (AvgIpc) is 3.17. The van der Waals surface area contributed by atoms with Crippen molar-refractivity contribution in [3.63, 3.8) is 0 Å². The first kappa shape index (κ1) is 23.0. The predicted molar refractivity (Wildman–Crippen MR) is 129 cm³/mol. The molecule has 0 atom stereocenters. The minimum atomic E-state index is -0.288. The van der Waals surface area contributed by atoms with Crippen molar-refractivity contribution in [3.05, 3.63) is 83.6 Å². The van der Waals surface area contributed by atoms with E-state index in [1.54, 1.807) is 17.8 Å². The molecule has 166 valence electrons. The van der Waals surface area contributed by atoms with Gasteiger partial charge < -0.3 is 10.2 Å². The number of likely N-dealkylation sites (N-methyl/N-ethyl adjacent to an activating group) is 1. The molecule has 0 saturated carbocycles. The highest BCUT2D eigenvalue weighted by Crippen LogP contribution is 2.27. The molecule has 1 heterocycles. The monoisotopic (exact) mass is 430 g/mol. The van der Waals surface area contributed by atoms with E-state index < -0.39 is 0 Å². The van der Waals surface area contributed by atoms with Crippen molar-refractivity contribution in [2.24, 2.45) is 0 Å². The number of para-hydroxylation sites is 1. The zero-order chi connectivity index (χ0) is 23.3. The number of hydrogen-bond acceptors (Lipinski definition) is 3. The number of hydrogen-bond donors (Lipinski definition) is 1. The van der Waals surface area contributed by atoms with Crippen LogP contribution in [0.3, 0.4) is 0 Å². The molecule has 3 rings (SSSR count). The van der Waals surface area contributed by atoms with Crippen LogP contribution < -0.4 is 5.32 Å². The van der Waals surface area contributed by atoms with Gasteiger partial charge in [-0.05, 0) is 30.2 Å². The van der Waals surface area contributed by atoms with Crippen molar-refractivity contribution in [2.75, 3.05) is 18.9 Å². The van der Waals surface area contributed by atoms with E-state index in [9.17, 15) is 9.59 Å². The van der Waals surface area contributed by atoms with E-state index in [2.05, 4.69) is 26.1 Å². The summed E-state index contributed by atoms with van der Waals surface area (Å²) >= 11 is 0. The Morgan fingerprint density at radius 2 is 1.72 bits per heavy atom. The second kappa shape index (κ2) is 9.64. The lowest BCUT2D eigenvalue weighted by atomic mass is 9.92. The van der Waals surface area contributed by atoms with E-state index in [1.807, 2.05) is 67.6 Å². The van der Waals surface area contributed by atoms with Crippen molar-refractivity contribution in [2.45, 2.75) is 33.1 Å². The summed E-state index contributed by atoms with van der Waals surface area (Å²) in [5.41, 5.74) is 3.56. The van der Waals surface area contributed by atoms with Crippen molar-refractivity contribution >= 4 is 23.7 Å². The normalized spacial score (nSPS) is 11.5. The Morgan fingerprint density at radius 1 is 1.06 bits per heavy atom. The van der Waals surface area contributed by atoms with Gasteiger partial charge in [-0.15, -0.1) is 0 Å². The van der Waals surface area contributed by atoms with Gasteiger partial charge in [0.05, 0.1) is 17.9 Å². The van der Waals surface area contributed by atoms with Crippen molar-refractivity contribution in [1.82, 2.24) is 14.7 Å². The van der Waals surface area contributed by atoms with Crippen molar-refractivity contribution < 1.29 is 9.59 Å². The molecule has 0 aliphatic heterocycles. The summed E-state index contributed by atoms with van der Waals surface area (Å²) in [6, 6.07) is 19.3. The lowest BCUT2D eigenvalue weighted by Gasteiger charge is -2.16. The van der Waals surface area contributed by atoms with Gasteiger partial charge in [-0.25, -0.2) is 4.68 Å². The molecule has 6 nitrogen and oxygen atoms in total. The Kier molecular flexibility index (Phi) is 6.93. The lowest BCUT2D eigenvalue weighted by Crippen LogP contribution is -2.34. The topological polar surface area (TPSA) is 67.2 Å². The zero-order valence-electron chi connectivity index (χ0n) is 19.3. The first-order valence-electron chi connectivity index (χ1n) is 10.6. The summed E-state index contributed by atoms with van der Waals surface area (Å²) in [4.78, 5) is 26.6. The standard InChI is InChI=1S/C26H30N4O2/c1-19-11-9-10-14-21(19)30-23(17-22(28-30)26(2,3)4)27-24(31)18-29(5)25(32)16-15-20-12-7-6-8-13-20/h6-17H,18H2,1-5H3,(H,27,31)/b16-15+. The fourth-order valence-corrected chi connectivity index (χ4v) is 3.16. The number of nitrogens with one attached hydrogen (secondary N) is 1. The highest BCUT2D eigenvalue weighted by molar-refractivity contribution is 5.97. The Balaban J connectivity index is 1.75. The van der Waals surface area contributed by atoms with Crippen LogP contribution in [0.1, 0.15) is 37.6 Å². The molecule has 1 aromatic heterocycles. The second-order valence-electron chi connectivity index (χ2n) is 8.85. The molecule has 32 heavy (non-hydrogen) atoms. The maximum atomic E-state index is 12.8. The number of amides is 2. The van der Waals surface area contributed by atoms with Gasteiger partial charge in [0, 0.05) is 24.6 Å². The van der Waals surface area contributed by atoms with Gasteiger partial charge in [0.2, 0.25) is 11.8 Å². The van der Waals surface area contributed by atoms with Gasteiger partial charge >= 0.3 is 0 Å². The number of nitrogens with zero attached hydrogens (tertiary/aromatic N) is 3. The molecule has 0 radical (unpaired) electrons. The number of anilines is 1. The van der Waals surface area contributed by atoms with Crippen LogP contribution in [-0.4, -0.2) is 40.1 Å². The van der Waals surface area contributed by atoms with Crippen LogP contribution in [-0.2, 0) is 15.0 Å². The summed E-state index contributed by atoms with van der Waals surface area (Å²) in [5, 5.41) is 7.68. The fourth-order valence-electron chi connectivity index (χ4n) is 3.16. The Morgan fingerprint density at radius 3 is 2.38 bits per heavy atom. The number of aromatic nitrogens is 2. The molecule has 0 saturated heterocycles. The van der Waals surface area contributed by atoms with Gasteiger partial charge in [-0.3, -0.25) is 9.59 Å². The number of benzene rings is 2. The summed E-state index contributed by atoms with van der Waals surface area (Å²) < 4.78 is 1.75. The Bertz CT molecular complexity index is 1120. The molecule has 2 amide bonds. The van der Waals surface area contributed by atoms with Crippen molar-refractivity contribution in [1.29, 1.82) is 0 Å². The first-order chi connectivity index (χ1) is 15.1. The van der Waals surface area contributed by atoms with Crippen molar-refractivity contribution in [3.8, 4) is 5.69 Å². The van der Waals surface area contributed by atoms with Crippen LogP contribution in [0.25, 0.3) is 11.8 Å². The fraction of sp³-hybridized carbons (Fsp3) is 0.269. The number of carbonyl (C=O) groups is 2. The third kappa shape index (κ3) is 5.72. The van der Waals surface area contributed by atoms with Crippen LogP contribution in [0.15, 0.2) is 66.7 Å². The molecule has 0 fully saturated rings. The van der Waals surface area contributed by atoms with E-state index in [-0.39, 0.29) is 23.8 Å². The lowest BCUT2D eigenvalue weighted by molar-refractivity contribution is -0.129. The molecule has 0 bridgehead atoms. The smallest absolute Gasteiger partial charge is 0.246 e. The Hall–Kier alpha value is -3.67. The van der Waals surface area contributed by atoms with E-state index in [4.69, 9.17) is 5.10 Å². The highest BCUT2D eigenvalue weighted by atomic mass is 16.2. The van der Waals surface area contributed by atoms with Gasteiger partial charge in [0.25, 0.3) is 0 Å². The number of rotatable bonds is 6. The van der Waals surface area contributed by atoms with E-state index in [0.29, 0.717) is 5.82 Å². The molecular weight excluding hydrogens is 400 g/mol. The van der Waals surface area contributed by atoms with Crippen LogP contribution >= 0.6 is 0 Å². The van der Waals surface area contributed by atoms with Crippen LogP contribution in [0.4, 0.5) is 5.82 Å². The molecule has 0 aliphatic rings. The molecule has 0 spiro atoms. The summed E-state index contributed by atoms with van der Waals surface area (Å²) in [5.74, 6) is 0.0471. The maximum absolute atomic E-state index is 12.8. The summed E-state index contributed by atoms with van der Waals surface area (Å²) in [7, 11) is 1.61. The number of carbonyl (C=O) groups excluding carboxylic acids is 2. The largest absolute Gasteiger partial charge is 0.333 e. The van der Waals surface area contributed by atoms with Gasteiger partial charge in [0.15, 0.2) is 0 Å². The summed E-state index contributed by atoms with van der Waals surface area (Å²) in [6.45, 7) is 8.17. The molecule has 1 N–H and O–H groups in total. The number of aryl methyl sites for hydroxylation is 1. The third-order valence-corrected chi connectivity index (χ3v) is 5.06. The minimum absolute atomic E-state index is 0.0677. The minimum Gasteiger partial charge on any atom is -0.333 e. The van der Waals surface area contributed by atoms with Crippen LogP contribution in [0, 0.1) is 6.92 Å². The molecule has 3 aromatic rings. The van der Waals surface area contributed by atoms with Crippen LogP contribution in [0.5, 0.6) is 0 Å². The molecule has 2 aromatic carbocycles. The maximum Gasteiger partial charge on any atom is 0.246 e.